The van der Waals surface area contributed by atoms with Crippen LogP contribution in [-0.2, 0) is 0 Å². The van der Waals surface area contributed by atoms with Gasteiger partial charge in [-0.3, -0.25) is 0 Å². The highest BCUT2D eigenvalue weighted by Gasteiger charge is 2.19. The van der Waals surface area contributed by atoms with Gasteiger partial charge in [-0.05, 0) is 12.0 Å². The molecule has 1 atom stereocenters. The number of hydrogen-bond donors (Lipinski definition) is 1. The van der Waals surface area contributed by atoms with Gasteiger partial charge >= 0.3 is 0 Å². The summed E-state index contributed by atoms with van der Waals surface area (Å²) in [5.74, 6) is 0.527. The first kappa shape index (κ1) is 13.7. The second-order valence-corrected chi connectivity index (χ2v) is 6.33. The number of hydrogen-bond acceptors (Lipinski definition) is 3. The first-order valence-corrected chi connectivity index (χ1v) is 7.62. The average molecular weight is 326 g/mol. The Labute approximate surface area is 120 Å². The van der Waals surface area contributed by atoms with Crippen molar-refractivity contribution >= 4 is 27.3 Å². The Morgan fingerprint density at radius 1 is 1.33 bits per heavy atom. The van der Waals surface area contributed by atoms with Gasteiger partial charge < -0.3 is 5.11 Å². The molecule has 0 aliphatic carbocycles. The van der Waals surface area contributed by atoms with Crippen molar-refractivity contribution in [1.29, 1.82) is 0 Å². The molecule has 0 aliphatic heterocycles. The molecular formula is C14H16BrNOS. The van der Waals surface area contributed by atoms with Gasteiger partial charge in [0.15, 0.2) is 0 Å². The van der Waals surface area contributed by atoms with E-state index in [-0.39, 0.29) is 12.5 Å². The smallest absolute Gasteiger partial charge is 0.0989 e. The molecule has 1 heterocycles. The fourth-order valence-electron chi connectivity index (χ4n) is 1.82. The van der Waals surface area contributed by atoms with E-state index in [0.29, 0.717) is 5.92 Å². The lowest BCUT2D eigenvalue weighted by molar-refractivity contribution is 0.237. The summed E-state index contributed by atoms with van der Waals surface area (Å²) in [4.78, 5) is 4.66. The minimum Gasteiger partial charge on any atom is -0.396 e. The van der Waals surface area contributed by atoms with Crippen molar-refractivity contribution in [2.45, 2.75) is 19.8 Å². The fraction of sp³-hybridized carbons (Fsp3) is 0.357. The summed E-state index contributed by atoms with van der Waals surface area (Å²) in [5, 5.41) is 12.5. The van der Waals surface area contributed by atoms with Crippen LogP contribution in [0.2, 0.25) is 0 Å². The van der Waals surface area contributed by atoms with Gasteiger partial charge in [-0.15, -0.1) is 11.3 Å². The van der Waals surface area contributed by atoms with E-state index in [1.807, 2.05) is 24.3 Å². The lowest BCUT2D eigenvalue weighted by atomic mass is 9.98. The summed E-state index contributed by atoms with van der Waals surface area (Å²) in [5.41, 5.74) is 2.07. The van der Waals surface area contributed by atoms with Gasteiger partial charge in [0.25, 0.3) is 0 Å². The van der Waals surface area contributed by atoms with E-state index in [1.54, 1.807) is 11.3 Å². The summed E-state index contributed by atoms with van der Waals surface area (Å²) >= 11 is 5.16. The Kier molecular flexibility index (Phi) is 4.54. The summed E-state index contributed by atoms with van der Waals surface area (Å²) in [7, 11) is 0. The molecule has 0 amide bonds. The minimum absolute atomic E-state index is 0.131. The number of aliphatic hydroxyl groups is 1. The Hall–Kier alpha value is -0.710. The molecule has 1 unspecified atom stereocenters. The third-order valence-corrected chi connectivity index (χ3v) is 4.66. The topological polar surface area (TPSA) is 33.1 Å². The molecule has 0 radical (unpaired) electrons. The normalized spacial score (nSPS) is 12.9. The van der Waals surface area contributed by atoms with Gasteiger partial charge in [0.1, 0.15) is 0 Å². The molecule has 1 aromatic heterocycles. The highest BCUT2D eigenvalue weighted by molar-refractivity contribution is 9.10. The van der Waals surface area contributed by atoms with Gasteiger partial charge in [0.05, 0.1) is 17.3 Å². The predicted octanol–water partition coefficient (Wildman–Crippen LogP) is 4.30. The molecule has 2 aromatic rings. The largest absolute Gasteiger partial charge is 0.396 e. The summed E-state index contributed by atoms with van der Waals surface area (Å²) in [6.45, 7) is 4.38. The number of halogens is 1. The number of thiazole rings is 1. The molecule has 1 N–H and O–H groups in total. The zero-order chi connectivity index (χ0) is 13.1. The Bertz CT molecular complexity index is 524. The zero-order valence-electron chi connectivity index (χ0n) is 10.4. The fourth-order valence-corrected chi connectivity index (χ4v) is 3.40. The van der Waals surface area contributed by atoms with Crippen molar-refractivity contribution in [3.8, 4) is 11.3 Å². The number of benzene rings is 1. The van der Waals surface area contributed by atoms with E-state index in [9.17, 15) is 5.11 Å². The first-order chi connectivity index (χ1) is 8.63. The standard InChI is InChI=1S/C14H16BrNOS/c1-9(2)11(7-17)14-16-13(8-18-14)10-5-3-4-6-12(10)15/h3-6,8-9,11,17H,7H2,1-2H3. The van der Waals surface area contributed by atoms with Gasteiger partial charge in [-0.1, -0.05) is 48.0 Å². The van der Waals surface area contributed by atoms with Crippen LogP contribution in [-0.4, -0.2) is 16.7 Å². The van der Waals surface area contributed by atoms with Crippen LogP contribution in [0.3, 0.4) is 0 Å². The molecule has 0 saturated carbocycles. The number of aliphatic hydroxyl groups excluding tert-OH is 1. The van der Waals surface area contributed by atoms with E-state index < -0.39 is 0 Å². The lowest BCUT2D eigenvalue weighted by Crippen LogP contribution is -2.10. The van der Waals surface area contributed by atoms with Crippen molar-refractivity contribution in [2.75, 3.05) is 6.61 Å². The average Bonchev–Trinajstić information content (AvgIpc) is 2.79. The molecule has 18 heavy (non-hydrogen) atoms. The molecule has 0 saturated heterocycles. The molecule has 0 aliphatic rings. The molecule has 2 nitrogen and oxygen atoms in total. The molecule has 1 aromatic carbocycles. The second-order valence-electron chi connectivity index (χ2n) is 4.58. The van der Waals surface area contributed by atoms with Crippen LogP contribution >= 0.6 is 27.3 Å². The lowest BCUT2D eigenvalue weighted by Gasteiger charge is -2.14. The minimum atomic E-state index is 0.131. The van der Waals surface area contributed by atoms with E-state index in [1.165, 1.54) is 0 Å². The van der Waals surface area contributed by atoms with Gasteiger partial charge in [0, 0.05) is 21.3 Å². The predicted molar refractivity (Wildman–Crippen MR) is 79.9 cm³/mol. The van der Waals surface area contributed by atoms with Crippen LogP contribution in [0.4, 0.5) is 0 Å². The highest BCUT2D eigenvalue weighted by Crippen LogP contribution is 2.33. The molecule has 2 rings (SSSR count). The first-order valence-electron chi connectivity index (χ1n) is 5.94. The quantitative estimate of drug-likeness (QED) is 0.908. The van der Waals surface area contributed by atoms with Crippen molar-refractivity contribution < 1.29 is 5.11 Å². The molecule has 96 valence electrons. The maximum Gasteiger partial charge on any atom is 0.0989 e. The SMILES string of the molecule is CC(C)C(CO)c1nc(-c2ccccc2Br)cs1. The van der Waals surface area contributed by atoms with E-state index >= 15 is 0 Å². The van der Waals surface area contributed by atoms with E-state index in [0.717, 1.165) is 20.7 Å². The summed E-state index contributed by atoms with van der Waals surface area (Å²) in [6, 6.07) is 8.06. The molecule has 0 spiro atoms. The molecule has 0 fully saturated rings. The van der Waals surface area contributed by atoms with Gasteiger partial charge in [0.2, 0.25) is 0 Å². The number of aromatic nitrogens is 1. The van der Waals surface area contributed by atoms with Crippen LogP contribution in [0.15, 0.2) is 34.1 Å². The van der Waals surface area contributed by atoms with Gasteiger partial charge in [-0.25, -0.2) is 4.98 Å². The maximum absolute atomic E-state index is 9.44. The van der Waals surface area contributed by atoms with Crippen LogP contribution in [0.1, 0.15) is 24.8 Å². The Balaban J connectivity index is 2.34. The summed E-state index contributed by atoms with van der Waals surface area (Å²) < 4.78 is 1.05. The third-order valence-electron chi connectivity index (χ3n) is 2.99. The zero-order valence-corrected chi connectivity index (χ0v) is 12.8. The Morgan fingerprint density at radius 2 is 2.06 bits per heavy atom. The van der Waals surface area contributed by atoms with Crippen LogP contribution < -0.4 is 0 Å². The summed E-state index contributed by atoms with van der Waals surface area (Å²) in [6.07, 6.45) is 0. The maximum atomic E-state index is 9.44. The van der Waals surface area contributed by atoms with Crippen molar-refractivity contribution in [2.24, 2.45) is 5.92 Å². The monoisotopic (exact) mass is 325 g/mol. The van der Waals surface area contributed by atoms with Crippen LogP contribution in [0.25, 0.3) is 11.3 Å². The number of nitrogens with zero attached hydrogens (tertiary/aromatic N) is 1. The third kappa shape index (κ3) is 2.82. The van der Waals surface area contributed by atoms with E-state index in [4.69, 9.17) is 0 Å². The number of rotatable bonds is 4. The molecule has 4 heteroatoms. The van der Waals surface area contributed by atoms with Crippen LogP contribution in [0, 0.1) is 5.92 Å². The van der Waals surface area contributed by atoms with Crippen molar-refractivity contribution in [3.05, 3.63) is 39.1 Å². The second kappa shape index (κ2) is 5.95. The molecular weight excluding hydrogens is 310 g/mol. The molecule has 0 bridgehead atoms. The highest BCUT2D eigenvalue weighted by atomic mass is 79.9. The van der Waals surface area contributed by atoms with E-state index in [2.05, 4.69) is 40.1 Å². The van der Waals surface area contributed by atoms with Gasteiger partial charge in [-0.2, -0.15) is 0 Å². The Morgan fingerprint density at radius 3 is 2.67 bits per heavy atom. The van der Waals surface area contributed by atoms with Crippen LogP contribution in [0.5, 0.6) is 0 Å². The van der Waals surface area contributed by atoms with Crippen molar-refractivity contribution in [3.63, 3.8) is 0 Å². The van der Waals surface area contributed by atoms with Crippen molar-refractivity contribution in [1.82, 2.24) is 4.98 Å².